The van der Waals surface area contributed by atoms with E-state index in [9.17, 15) is 17.6 Å². The highest BCUT2D eigenvalue weighted by Crippen LogP contribution is 2.68. The first-order valence-electron chi connectivity index (χ1n) is 17.9. The van der Waals surface area contributed by atoms with Crippen LogP contribution in [0.1, 0.15) is 109 Å². The van der Waals surface area contributed by atoms with Crippen LogP contribution >= 0.6 is 32.9 Å². The van der Waals surface area contributed by atoms with Gasteiger partial charge in [-0.3, -0.25) is 3.63 Å². The normalized spacial score (nSPS) is 12.6. The first-order valence-corrected chi connectivity index (χ1v) is 22.5. The molecule has 5 nitrogen and oxygen atoms in total. The van der Waals surface area contributed by atoms with E-state index in [0.29, 0.717) is 22.6 Å². The van der Waals surface area contributed by atoms with E-state index in [2.05, 4.69) is 26.2 Å². The molecule has 0 aliphatic heterocycles. The van der Waals surface area contributed by atoms with Gasteiger partial charge in [-0.1, -0.05) is 155 Å². The van der Waals surface area contributed by atoms with Gasteiger partial charge in [-0.25, -0.2) is 9.18 Å². The molecule has 0 aliphatic carbocycles. The molecule has 3 aromatic carbocycles. The van der Waals surface area contributed by atoms with Crippen molar-refractivity contribution in [3.63, 3.8) is 0 Å². The second-order valence-corrected chi connectivity index (χ2v) is 18.3. The number of ether oxygens (including phenoxy) is 1. The van der Waals surface area contributed by atoms with Gasteiger partial charge in [-0.2, -0.15) is 8.78 Å². The average Bonchev–Trinajstić information content (AvgIpc) is 3.12. The molecule has 278 valence electrons. The zero-order chi connectivity index (χ0) is 36.1. The highest BCUT2D eigenvalue weighted by Gasteiger charge is 2.63. The molecule has 0 spiro atoms. The maximum absolute atomic E-state index is 15.5. The number of benzene rings is 3. The quantitative estimate of drug-likeness (QED) is 0.0201. The molecular formula is C39H53F3IO5S2+. The van der Waals surface area contributed by atoms with Gasteiger partial charge < -0.3 is 4.74 Å². The fourth-order valence-electron chi connectivity index (χ4n) is 5.80. The minimum atomic E-state index is -5.79. The van der Waals surface area contributed by atoms with Gasteiger partial charge in [0.2, 0.25) is 0 Å². The van der Waals surface area contributed by atoms with Crippen molar-refractivity contribution in [1.29, 1.82) is 0 Å². The maximum atomic E-state index is 15.5. The van der Waals surface area contributed by atoms with Gasteiger partial charge in [-0.15, -0.1) is 8.42 Å². The Morgan fingerprint density at radius 3 is 1.34 bits per heavy atom. The van der Waals surface area contributed by atoms with Crippen LogP contribution in [0.25, 0.3) is 0 Å². The Kier molecular flexibility index (Phi) is 19.3. The van der Waals surface area contributed by atoms with Crippen LogP contribution in [0, 0.1) is 5.82 Å². The molecule has 50 heavy (non-hydrogen) atoms. The predicted octanol–water partition coefficient (Wildman–Crippen LogP) is 12.6. The van der Waals surface area contributed by atoms with Crippen molar-refractivity contribution in [2.75, 3.05) is 11.0 Å². The van der Waals surface area contributed by atoms with E-state index in [1.807, 2.05) is 0 Å². The summed E-state index contributed by atoms with van der Waals surface area (Å²) in [5.41, 5.74) is 0. The van der Waals surface area contributed by atoms with Gasteiger partial charge in [0.15, 0.2) is 0 Å². The lowest BCUT2D eigenvalue weighted by Gasteiger charge is -2.35. The highest BCUT2D eigenvalue weighted by atomic mass is 127. The van der Waals surface area contributed by atoms with Gasteiger partial charge in [0.25, 0.3) is 0 Å². The zero-order valence-electron chi connectivity index (χ0n) is 28.9. The number of rotatable bonds is 26. The molecule has 3 aromatic rings. The number of alkyl halides is 3. The standard InChI is InChI=1S/C39H52F3IO5S2/c40-34-28-30-37(31-29-34)49(35-24-18-16-19-25-35,36-26-20-17-21-27-36)48-50(45,46)39(41,42)38(44)47-33-23-15-13-11-9-7-5-3-1-2-4-6-8-10-12-14-22-32-43/h16-21,24-31H,1-15,22-23,32-33H2/p+1. The van der Waals surface area contributed by atoms with E-state index >= 15 is 8.78 Å². The number of carbonyl (C=O) groups is 1. The third kappa shape index (κ3) is 13.2. The zero-order valence-corrected chi connectivity index (χ0v) is 32.7. The van der Waals surface area contributed by atoms with Gasteiger partial charge in [0, 0.05) is 0 Å². The van der Waals surface area contributed by atoms with Crippen molar-refractivity contribution in [3.05, 3.63) is 90.7 Å². The molecule has 0 amide bonds. The second kappa shape index (κ2) is 22.8. The van der Waals surface area contributed by atoms with Crippen LogP contribution in [-0.4, -0.2) is 34.3 Å². The summed E-state index contributed by atoms with van der Waals surface area (Å²) < 4.78 is 81.7. The van der Waals surface area contributed by atoms with E-state index in [1.54, 1.807) is 60.7 Å². The van der Waals surface area contributed by atoms with Crippen molar-refractivity contribution < 1.29 is 34.7 Å². The Balaban J connectivity index is 1.45. The summed E-state index contributed by atoms with van der Waals surface area (Å²) in [6.45, 7) is -0.310. The van der Waals surface area contributed by atoms with E-state index in [4.69, 9.17) is 4.74 Å². The molecule has 0 saturated heterocycles. The lowest BCUT2D eigenvalue weighted by atomic mass is 10.0. The SMILES string of the molecule is O=C(OCCCCCCCCCCCCCCCCCCCI)C(F)(F)S(=O)(=O)[OH+]S(c1ccccc1)(c1ccccc1)c1ccc(F)cc1. The Morgan fingerprint density at radius 1 is 0.580 bits per heavy atom. The largest absolute Gasteiger partial charge is 0.514 e. The fourth-order valence-corrected chi connectivity index (χ4v) is 11.6. The smallest absolute Gasteiger partial charge is 0.460 e. The minimum Gasteiger partial charge on any atom is -0.460 e. The highest BCUT2D eigenvalue weighted by molar-refractivity contribution is 14.1. The summed E-state index contributed by atoms with van der Waals surface area (Å²) in [6, 6.07) is 21.2. The molecular weight excluding hydrogens is 796 g/mol. The van der Waals surface area contributed by atoms with Gasteiger partial charge in [0.05, 0.1) is 31.6 Å². The second-order valence-electron chi connectivity index (χ2n) is 12.6. The van der Waals surface area contributed by atoms with Crippen LogP contribution in [0.4, 0.5) is 13.2 Å². The number of hydrogen-bond acceptors (Lipinski definition) is 4. The Labute approximate surface area is 312 Å². The summed E-state index contributed by atoms with van der Waals surface area (Å²) in [5.74, 6) is -2.74. The number of hydrogen-bond donors (Lipinski definition) is 0. The van der Waals surface area contributed by atoms with Crippen LogP contribution in [0.5, 0.6) is 0 Å². The fraction of sp³-hybridized carbons (Fsp3) is 0.513. The third-order valence-electron chi connectivity index (χ3n) is 8.61. The molecule has 0 radical (unpaired) electrons. The molecule has 0 atom stereocenters. The van der Waals surface area contributed by atoms with E-state index < -0.39 is 37.5 Å². The Morgan fingerprint density at radius 2 is 0.940 bits per heavy atom. The number of halogens is 4. The predicted molar refractivity (Wildman–Crippen MR) is 207 cm³/mol. The first-order chi connectivity index (χ1) is 24.1. The van der Waals surface area contributed by atoms with Crippen LogP contribution in [0.2, 0.25) is 0 Å². The van der Waals surface area contributed by atoms with Crippen molar-refractivity contribution in [2.24, 2.45) is 0 Å². The summed E-state index contributed by atoms with van der Waals surface area (Å²) in [6.07, 6.45) is 19.8. The summed E-state index contributed by atoms with van der Waals surface area (Å²) in [7, 11) is -9.08. The lowest BCUT2D eigenvalue weighted by molar-refractivity contribution is -0.161. The summed E-state index contributed by atoms with van der Waals surface area (Å²) in [5, 5.41) is -4.93. The molecule has 11 heteroatoms. The van der Waals surface area contributed by atoms with E-state index in [-0.39, 0.29) is 11.5 Å². The molecule has 0 aliphatic rings. The topological polar surface area (TPSA) is 73.2 Å². The summed E-state index contributed by atoms with van der Waals surface area (Å²) >= 11 is 2.44. The van der Waals surface area contributed by atoms with Crippen molar-refractivity contribution in [2.45, 2.75) is 129 Å². The Hall–Kier alpha value is -2.09. The number of unbranched alkanes of at least 4 members (excludes halogenated alkanes) is 16. The third-order valence-corrected chi connectivity index (χ3v) is 14.7. The number of carbonyl (C=O) groups excluding carboxylic acids is 1. The van der Waals surface area contributed by atoms with Gasteiger partial charge in [-0.05, 0) is 65.8 Å². The Bertz CT molecular complexity index is 1440. The molecule has 3 rings (SSSR count). The van der Waals surface area contributed by atoms with Crippen LogP contribution in [0.3, 0.4) is 0 Å². The van der Waals surface area contributed by atoms with Crippen molar-refractivity contribution in [3.8, 4) is 0 Å². The number of esters is 1. The van der Waals surface area contributed by atoms with Crippen molar-refractivity contribution in [1.82, 2.24) is 0 Å². The molecule has 1 N–H and O–H groups in total. The maximum Gasteiger partial charge on any atom is 0.514 e. The van der Waals surface area contributed by atoms with Crippen LogP contribution < -0.4 is 0 Å². The van der Waals surface area contributed by atoms with Crippen LogP contribution in [0.15, 0.2) is 99.6 Å². The first kappa shape index (κ1) is 42.3. The molecule has 0 aromatic heterocycles. The average molecular weight is 850 g/mol. The molecule has 0 fully saturated rings. The van der Waals surface area contributed by atoms with Gasteiger partial charge in [0.1, 0.15) is 5.82 Å². The van der Waals surface area contributed by atoms with E-state index in [1.165, 1.54) is 93.6 Å². The molecule has 0 unspecified atom stereocenters. The van der Waals surface area contributed by atoms with E-state index in [0.717, 1.165) is 31.4 Å². The van der Waals surface area contributed by atoms with Crippen molar-refractivity contribution >= 4 is 49.0 Å². The molecule has 0 bridgehead atoms. The lowest BCUT2D eigenvalue weighted by Crippen LogP contribution is -2.42. The van der Waals surface area contributed by atoms with Crippen LogP contribution in [-0.2, 0) is 19.6 Å². The van der Waals surface area contributed by atoms with Gasteiger partial charge >= 0.3 is 21.3 Å². The molecule has 0 heterocycles. The monoisotopic (exact) mass is 849 g/mol. The molecule has 0 saturated carbocycles. The minimum absolute atomic E-state index is 0.211. The summed E-state index contributed by atoms with van der Waals surface area (Å²) in [4.78, 5) is 13.4.